The van der Waals surface area contributed by atoms with E-state index in [-0.39, 0.29) is 15.7 Å². The van der Waals surface area contributed by atoms with E-state index in [0.29, 0.717) is 10.2 Å². The molecule has 0 atom stereocenters. The van der Waals surface area contributed by atoms with Gasteiger partial charge in [0.2, 0.25) is 0 Å². The molecule has 0 aliphatic carbocycles. The first-order valence-corrected chi connectivity index (χ1v) is 6.98. The minimum Gasteiger partial charge on any atom is -0.398 e. The number of nitrogens with one attached hydrogen (secondary N) is 1. The lowest BCUT2D eigenvalue weighted by atomic mass is 10.2. The van der Waals surface area contributed by atoms with Gasteiger partial charge in [0.25, 0.3) is 5.91 Å². The molecular weight excluding hydrogens is 398 g/mol. The predicted octanol–water partition coefficient (Wildman–Crippen LogP) is 4.32. The second-order valence-electron chi connectivity index (χ2n) is 3.94. The molecule has 104 valence electrons. The first-order chi connectivity index (χ1) is 9.38. The van der Waals surface area contributed by atoms with Crippen LogP contribution in [0.1, 0.15) is 10.4 Å². The van der Waals surface area contributed by atoms with E-state index in [4.69, 9.17) is 5.73 Å². The van der Waals surface area contributed by atoms with E-state index in [9.17, 15) is 13.6 Å². The molecule has 0 spiro atoms. The highest BCUT2D eigenvalue weighted by Crippen LogP contribution is 2.25. The van der Waals surface area contributed by atoms with Gasteiger partial charge in [-0.05, 0) is 56.1 Å². The number of amides is 1. The van der Waals surface area contributed by atoms with Crippen LogP contribution in [0.4, 0.5) is 20.2 Å². The number of rotatable bonds is 2. The molecule has 3 nitrogen and oxygen atoms in total. The molecule has 0 heterocycles. The Labute approximate surface area is 130 Å². The average molecular weight is 406 g/mol. The predicted molar refractivity (Wildman–Crippen MR) is 80.6 cm³/mol. The molecule has 0 aromatic heterocycles. The Morgan fingerprint density at radius 2 is 1.75 bits per heavy atom. The summed E-state index contributed by atoms with van der Waals surface area (Å²) in [5, 5.41) is 2.30. The van der Waals surface area contributed by atoms with E-state index in [1.807, 2.05) is 0 Å². The Kier molecular flexibility index (Phi) is 4.39. The molecular formula is C13H8Br2F2N2O. The Morgan fingerprint density at radius 1 is 1.05 bits per heavy atom. The number of anilines is 2. The zero-order valence-electron chi connectivity index (χ0n) is 9.88. The van der Waals surface area contributed by atoms with Gasteiger partial charge in [-0.1, -0.05) is 0 Å². The molecule has 2 aromatic rings. The first-order valence-electron chi connectivity index (χ1n) is 5.39. The van der Waals surface area contributed by atoms with Gasteiger partial charge in [0, 0.05) is 21.8 Å². The van der Waals surface area contributed by atoms with Crippen molar-refractivity contribution >= 4 is 49.1 Å². The summed E-state index contributed by atoms with van der Waals surface area (Å²) in [7, 11) is 0. The van der Waals surface area contributed by atoms with E-state index < -0.39 is 17.5 Å². The third kappa shape index (κ3) is 3.16. The maximum Gasteiger partial charge on any atom is 0.255 e. The Balaban J connectivity index is 2.27. The van der Waals surface area contributed by atoms with Gasteiger partial charge < -0.3 is 11.1 Å². The number of benzene rings is 2. The largest absolute Gasteiger partial charge is 0.398 e. The monoisotopic (exact) mass is 404 g/mol. The van der Waals surface area contributed by atoms with Crippen LogP contribution in [0.2, 0.25) is 0 Å². The van der Waals surface area contributed by atoms with Gasteiger partial charge in [-0.15, -0.1) is 0 Å². The summed E-state index contributed by atoms with van der Waals surface area (Å²) < 4.78 is 27.5. The van der Waals surface area contributed by atoms with Crippen LogP contribution >= 0.6 is 31.9 Å². The Hall–Kier alpha value is -1.47. The summed E-state index contributed by atoms with van der Waals surface area (Å²) >= 11 is 6.05. The quantitative estimate of drug-likeness (QED) is 0.577. The highest BCUT2D eigenvalue weighted by molar-refractivity contribution is 9.10. The van der Waals surface area contributed by atoms with Crippen molar-refractivity contribution in [2.75, 3.05) is 11.1 Å². The molecule has 20 heavy (non-hydrogen) atoms. The van der Waals surface area contributed by atoms with Crippen LogP contribution in [0.5, 0.6) is 0 Å². The highest BCUT2D eigenvalue weighted by Gasteiger charge is 2.13. The molecule has 1 amide bonds. The third-order valence-corrected chi connectivity index (χ3v) is 3.82. The molecule has 7 heteroatoms. The number of nitrogen functional groups attached to an aromatic ring is 1. The molecule has 0 fully saturated rings. The molecule has 2 rings (SSSR count). The Bertz CT molecular complexity index is 692. The average Bonchev–Trinajstić information content (AvgIpc) is 2.39. The van der Waals surface area contributed by atoms with Crippen molar-refractivity contribution in [1.82, 2.24) is 0 Å². The summed E-state index contributed by atoms with van der Waals surface area (Å²) in [6.45, 7) is 0. The molecule has 0 aliphatic heterocycles. The second-order valence-corrected chi connectivity index (χ2v) is 5.65. The van der Waals surface area contributed by atoms with Gasteiger partial charge in [0.05, 0.1) is 10.2 Å². The molecule has 0 saturated carbocycles. The third-order valence-electron chi connectivity index (χ3n) is 2.52. The van der Waals surface area contributed by atoms with Crippen molar-refractivity contribution in [2.24, 2.45) is 0 Å². The van der Waals surface area contributed by atoms with Crippen LogP contribution < -0.4 is 11.1 Å². The summed E-state index contributed by atoms with van der Waals surface area (Å²) in [4.78, 5) is 12.0. The van der Waals surface area contributed by atoms with Crippen LogP contribution in [-0.2, 0) is 0 Å². The number of carbonyl (C=O) groups excluding carboxylic acids is 1. The Morgan fingerprint density at radius 3 is 2.40 bits per heavy atom. The fourth-order valence-corrected chi connectivity index (χ4v) is 2.18. The normalized spacial score (nSPS) is 10.4. The van der Waals surface area contributed by atoms with Crippen molar-refractivity contribution in [1.29, 1.82) is 0 Å². The molecule has 0 saturated heterocycles. The van der Waals surface area contributed by atoms with Crippen molar-refractivity contribution in [3.8, 4) is 0 Å². The van der Waals surface area contributed by atoms with E-state index in [2.05, 4.69) is 37.2 Å². The zero-order valence-corrected chi connectivity index (χ0v) is 13.1. The number of halogens is 4. The minimum absolute atomic E-state index is 0.0109. The van der Waals surface area contributed by atoms with Crippen LogP contribution in [0.3, 0.4) is 0 Å². The van der Waals surface area contributed by atoms with Gasteiger partial charge in [-0.25, -0.2) is 8.78 Å². The standard InChI is InChI=1S/C13H8Br2F2N2O/c14-7-4-10(17)12(5-9(7)16)19-13(20)6-1-2-11(18)8(15)3-6/h1-5H,18H2,(H,19,20). The van der Waals surface area contributed by atoms with E-state index in [1.165, 1.54) is 18.2 Å². The lowest BCUT2D eigenvalue weighted by molar-refractivity contribution is 0.102. The maximum absolute atomic E-state index is 13.6. The maximum atomic E-state index is 13.6. The summed E-state index contributed by atoms with van der Waals surface area (Å²) in [6.07, 6.45) is 0. The highest BCUT2D eigenvalue weighted by atomic mass is 79.9. The van der Waals surface area contributed by atoms with Gasteiger partial charge >= 0.3 is 0 Å². The van der Waals surface area contributed by atoms with Crippen molar-refractivity contribution in [2.45, 2.75) is 0 Å². The fraction of sp³-hybridized carbons (Fsp3) is 0. The smallest absolute Gasteiger partial charge is 0.255 e. The molecule has 0 bridgehead atoms. The lowest BCUT2D eigenvalue weighted by Crippen LogP contribution is -2.13. The van der Waals surface area contributed by atoms with Crippen molar-refractivity contribution in [3.05, 3.63) is 56.5 Å². The molecule has 0 unspecified atom stereocenters. The van der Waals surface area contributed by atoms with Crippen LogP contribution in [-0.4, -0.2) is 5.91 Å². The lowest BCUT2D eigenvalue weighted by Gasteiger charge is -2.08. The van der Waals surface area contributed by atoms with Gasteiger partial charge in [-0.2, -0.15) is 0 Å². The minimum atomic E-state index is -0.735. The molecule has 2 aromatic carbocycles. The topological polar surface area (TPSA) is 55.1 Å². The summed E-state index contributed by atoms with van der Waals surface area (Å²) in [6, 6.07) is 6.38. The molecule has 3 N–H and O–H groups in total. The van der Waals surface area contributed by atoms with Crippen molar-refractivity contribution in [3.63, 3.8) is 0 Å². The second kappa shape index (κ2) is 5.88. The van der Waals surface area contributed by atoms with Gasteiger partial charge in [0.1, 0.15) is 11.6 Å². The van der Waals surface area contributed by atoms with E-state index in [1.54, 1.807) is 0 Å². The van der Waals surface area contributed by atoms with Crippen molar-refractivity contribution < 1.29 is 13.6 Å². The number of hydrogen-bond acceptors (Lipinski definition) is 2. The summed E-state index contributed by atoms with van der Waals surface area (Å²) in [5.74, 6) is -1.97. The molecule has 0 aliphatic rings. The fourth-order valence-electron chi connectivity index (χ4n) is 1.48. The SMILES string of the molecule is Nc1ccc(C(=O)Nc2cc(F)c(Br)cc2F)cc1Br. The van der Waals surface area contributed by atoms with E-state index in [0.717, 1.165) is 12.1 Å². The number of carbonyl (C=O) groups is 1. The zero-order chi connectivity index (χ0) is 14.9. The van der Waals surface area contributed by atoms with Gasteiger partial charge in [0.15, 0.2) is 0 Å². The number of hydrogen-bond donors (Lipinski definition) is 2. The van der Waals surface area contributed by atoms with Crippen LogP contribution in [0.15, 0.2) is 39.3 Å². The van der Waals surface area contributed by atoms with E-state index >= 15 is 0 Å². The first kappa shape index (κ1) is 14.9. The van der Waals surface area contributed by atoms with Gasteiger partial charge in [-0.3, -0.25) is 4.79 Å². The van der Waals surface area contributed by atoms with Crippen LogP contribution in [0, 0.1) is 11.6 Å². The van der Waals surface area contributed by atoms with Crippen LogP contribution in [0.25, 0.3) is 0 Å². The molecule has 0 radical (unpaired) electrons. The number of nitrogens with two attached hydrogens (primary N) is 1. The summed E-state index contributed by atoms with van der Waals surface area (Å²) in [5.41, 5.74) is 6.12.